The number of carbonyl (C=O) groups excluding carboxylic acids is 1. The second kappa shape index (κ2) is 7.25. The molecule has 0 aliphatic carbocycles. The van der Waals surface area contributed by atoms with E-state index in [4.69, 9.17) is 5.73 Å². The molecule has 0 aliphatic heterocycles. The Morgan fingerprint density at radius 2 is 1.73 bits per heavy atom. The number of nitrogens with zero attached hydrogens (tertiary/aromatic N) is 1. The highest BCUT2D eigenvalue weighted by Gasteiger charge is 2.30. The second-order valence-corrected chi connectivity index (χ2v) is 6.18. The van der Waals surface area contributed by atoms with Crippen LogP contribution in [0.1, 0.15) is 16.7 Å². The normalized spacial score (nSPS) is 12.9. The van der Waals surface area contributed by atoms with Crippen LogP contribution in [0.15, 0.2) is 60.8 Å². The Hall–Kier alpha value is -2.73. The SMILES string of the molecule is N[C@@H](Cc1ccc(C(F)(F)F)cc1)C(=O)Cc1cnc2ccccc2c1. The molecule has 0 unspecified atom stereocenters. The number of pyridine rings is 1. The van der Waals surface area contributed by atoms with Crippen molar-refractivity contribution < 1.29 is 18.0 Å². The molecule has 1 heterocycles. The van der Waals surface area contributed by atoms with Crippen molar-refractivity contribution in [2.75, 3.05) is 0 Å². The third-order valence-corrected chi connectivity index (χ3v) is 4.18. The lowest BCUT2D eigenvalue weighted by molar-refractivity contribution is -0.137. The molecule has 0 radical (unpaired) electrons. The van der Waals surface area contributed by atoms with Gasteiger partial charge in [-0.1, -0.05) is 30.3 Å². The van der Waals surface area contributed by atoms with Crippen LogP contribution >= 0.6 is 0 Å². The number of fused-ring (bicyclic) bond motifs is 1. The summed E-state index contributed by atoms with van der Waals surface area (Å²) in [7, 11) is 0. The number of Topliss-reactive ketones (excluding diaryl/α,β-unsaturated/α-hetero) is 1. The average Bonchev–Trinajstić information content (AvgIpc) is 2.61. The summed E-state index contributed by atoms with van der Waals surface area (Å²) in [6.07, 6.45) is -2.40. The highest BCUT2D eigenvalue weighted by atomic mass is 19.4. The number of nitrogens with two attached hydrogens (primary N) is 1. The van der Waals surface area contributed by atoms with E-state index in [-0.39, 0.29) is 18.6 Å². The number of hydrogen-bond donors (Lipinski definition) is 1. The van der Waals surface area contributed by atoms with E-state index in [2.05, 4.69) is 4.98 Å². The molecule has 0 amide bonds. The molecule has 0 saturated heterocycles. The van der Waals surface area contributed by atoms with E-state index in [0.717, 1.165) is 28.6 Å². The van der Waals surface area contributed by atoms with E-state index in [1.165, 1.54) is 12.1 Å². The molecular weight excluding hydrogens is 341 g/mol. The average molecular weight is 358 g/mol. The maximum absolute atomic E-state index is 12.6. The first-order valence-electron chi connectivity index (χ1n) is 8.11. The van der Waals surface area contributed by atoms with Crippen molar-refractivity contribution in [2.24, 2.45) is 5.73 Å². The Morgan fingerprint density at radius 3 is 2.42 bits per heavy atom. The van der Waals surface area contributed by atoms with E-state index in [1.807, 2.05) is 30.3 Å². The summed E-state index contributed by atoms with van der Waals surface area (Å²) in [6.45, 7) is 0. The molecule has 2 aromatic carbocycles. The molecule has 26 heavy (non-hydrogen) atoms. The molecule has 2 N–H and O–H groups in total. The Balaban J connectivity index is 1.65. The summed E-state index contributed by atoms with van der Waals surface area (Å²) in [6, 6.07) is 13.4. The van der Waals surface area contributed by atoms with Gasteiger partial charge in [-0.15, -0.1) is 0 Å². The number of benzene rings is 2. The molecule has 0 spiro atoms. The fourth-order valence-electron chi connectivity index (χ4n) is 2.74. The van der Waals surface area contributed by atoms with Crippen molar-refractivity contribution in [3.05, 3.63) is 77.5 Å². The number of alkyl halides is 3. The lowest BCUT2D eigenvalue weighted by Gasteiger charge is -2.12. The fraction of sp³-hybridized carbons (Fsp3) is 0.200. The molecule has 0 aliphatic rings. The monoisotopic (exact) mass is 358 g/mol. The van der Waals surface area contributed by atoms with Crippen molar-refractivity contribution in [1.82, 2.24) is 4.98 Å². The van der Waals surface area contributed by atoms with Crippen molar-refractivity contribution >= 4 is 16.7 Å². The molecule has 1 aromatic heterocycles. The van der Waals surface area contributed by atoms with Crippen LogP contribution in [0.3, 0.4) is 0 Å². The Morgan fingerprint density at radius 1 is 1.04 bits per heavy atom. The molecule has 6 heteroatoms. The molecule has 1 atom stereocenters. The number of ketones is 1. The highest BCUT2D eigenvalue weighted by Crippen LogP contribution is 2.29. The van der Waals surface area contributed by atoms with Crippen LogP contribution in [0.4, 0.5) is 13.2 Å². The van der Waals surface area contributed by atoms with Crippen LogP contribution in [0.5, 0.6) is 0 Å². The predicted molar refractivity (Wildman–Crippen MR) is 93.6 cm³/mol. The third kappa shape index (κ3) is 4.26. The van der Waals surface area contributed by atoms with Crippen molar-refractivity contribution in [1.29, 1.82) is 0 Å². The first kappa shape index (κ1) is 18.1. The first-order chi connectivity index (χ1) is 12.3. The molecule has 0 bridgehead atoms. The number of carbonyl (C=O) groups is 1. The maximum atomic E-state index is 12.6. The van der Waals surface area contributed by atoms with Gasteiger partial charge in [-0.25, -0.2) is 0 Å². The van der Waals surface area contributed by atoms with Gasteiger partial charge in [0.15, 0.2) is 5.78 Å². The van der Waals surface area contributed by atoms with Gasteiger partial charge in [-0.2, -0.15) is 13.2 Å². The van der Waals surface area contributed by atoms with Gasteiger partial charge in [0.1, 0.15) is 0 Å². The van der Waals surface area contributed by atoms with Crippen LogP contribution in [0, 0.1) is 0 Å². The van der Waals surface area contributed by atoms with Crippen molar-refractivity contribution in [2.45, 2.75) is 25.1 Å². The minimum Gasteiger partial charge on any atom is -0.321 e. The van der Waals surface area contributed by atoms with Crippen LogP contribution in [0.25, 0.3) is 10.9 Å². The van der Waals surface area contributed by atoms with E-state index in [0.29, 0.717) is 5.56 Å². The van der Waals surface area contributed by atoms with Crippen LogP contribution in [-0.4, -0.2) is 16.8 Å². The number of halogens is 3. The molecule has 3 nitrogen and oxygen atoms in total. The zero-order valence-electron chi connectivity index (χ0n) is 13.8. The number of rotatable bonds is 5. The summed E-state index contributed by atoms with van der Waals surface area (Å²) in [4.78, 5) is 16.7. The molecule has 3 rings (SSSR count). The van der Waals surface area contributed by atoms with Crippen LogP contribution in [0.2, 0.25) is 0 Å². The van der Waals surface area contributed by atoms with Gasteiger partial charge < -0.3 is 5.73 Å². The smallest absolute Gasteiger partial charge is 0.321 e. The second-order valence-electron chi connectivity index (χ2n) is 6.18. The van der Waals surface area contributed by atoms with Gasteiger partial charge in [-0.3, -0.25) is 9.78 Å². The van der Waals surface area contributed by atoms with E-state index in [1.54, 1.807) is 6.20 Å². The zero-order chi connectivity index (χ0) is 18.7. The third-order valence-electron chi connectivity index (χ3n) is 4.18. The summed E-state index contributed by atoms with van der Waals surface area (Å²) in [5.41, 5.74) is 7.42. The Labute approximate surface area is 148 Å². The van der Waals surface area contributed by atoms with Gasteiger partial charge in [0, 0.05) is 18.0 Å². The van der Waals surface area contributed by atoms with Gasteiger partial charge in [0.25, 0.3) is 0 Å². The fourth-order valence-corrected chi connectivity index (χ4v) is 2.74. The van der Waals surface area contributed by atoms with Crippen LogP contribution in [-0.2, 0) is 23.8 Å². The quantitative estimate of drug-likeness (QED) is 0.752. The van der Waals surface area contributed by atoms with E-state index < -0.39 is 17.8 Å². The van der Waals surface area contributed by atoms with E-state index in [9.17, 15) is 18.0 Å². The van der Waals surface area contributed by atoms with Gasteiger partial charge >= 0.3 is 6.18 Å². The lowest BCUT2D eigenvalue weighted by atomic mass is 9.98. The molecule has 134 valence electrons. The number of aromatic nitrogens is 1. The molecule has 0 fully saturated rings. The maximum Gasteiger partial charge on any atom is 0.416 e. The first-order valence-corrected chi connectivity index (χ1v) is 8.11. The van der Waals surface area contributed by atoms with Crippen molar-refractivity contribution in [3.8, 4) is 0 Å². The number of para-hydroxylation sites is 1. The van der Waals surface area contributed by atoms with Gasteiger partial charge in [0.2, 0.25) is 0 Å². The minimum absolute atomic E-state index is 0.139. The van der Waals surface area contributed by atoms with Crippen LogP contribution < -0.4 is 5.73 Å². The highest BCUT2D eigenvalue weighted by molar-refractivity contribution is 5.87. The molecular formula is C20H17F3N2O. The predicted octanol–water partition coefficient (Wildman–Crippen LogP) is 3.94. The Bertz CT molecular complexity index is 920. The Kier molecular flexibility index (Phi) is 5.04. The van der Waals surface area contributed by atoms with Crippen molar-refractivity contribution in [3.63, 3.8) is 0 Å². The standard InChI is InChI=1S/C20H17F3N2O/c21-20(22,23)16-7-5-13(6-8-16)10-17(24)19(26)11-14-9-15-3-1-2-4-18(15)25-12-14/h1-9,12,17H,10-11,24H2/t17-/m0/s1. The van der Waals surface area contributed by atoms with Gasteiger partial charge in [0.05, 0.1) is 17.1 Å². The van der Waals surface area contributed by atoms with E-state index >= 15 is 0 Å². The largest absolute Gasteiger partial charge is 0.416 e. The topological polar surface area (TPSA) is 56.0 Å². The molecule has 0 saturated carbocycles. The molecule has 3 aromatic rings. The zero-order valence-corrected chi connectivity index (χ0v) is 13.8. The summed E-state index contributed by atoms with van der Waals surface area (Å²) in [5, 5.41) is 0.939. The summed E-state index contributed by atoms with van der Waals surface area (Å²) < 4.78 is 37.7. The number of hydrogen-bond acceptors (Lipinski definition) is 3. The van der Waals surface area contributed by atoms with Gasteiger partial charge in [-0.05, 0) is 41.8 Å². The summed E-state index contributed by atoms with van der Waals surface area (Å²) in [5.74, 6) is -0.179. The summed E-state index contributed by atoms with van der Waals surface area (Å²) >= 11 is 0. The minimum atomic E-state index is -4.38. The lowest BCUT2D eigenvalue weighted by Crippen LogP contribution is -2.34.